The third-order valence-electron chi connectivity index (χ3n) is 0.423. The fourth-order valence-electron chi connectivity index (χ4n) is 0.219. The van der Waals surface area contributed by atoms with E-state index in [0.717, 1.165) is 9.71 Å². The molecule has 0 amide bonds. The summed E-state index contributed by atoms with van der Waals surface area (Å²) >= 11 is 4.84. The fourth-order valence-corrected chi connectivity index (χ4v) is 1.06. The minimum Gasteiger partial charge on any atom is -0.258 e. The molecule has 1 heterocycles. The van der Waals surface area contributed by atoms with Crippen LogP contribution in [-0.4, -0.2) is 9.71 Å². The topological polar surface area (TPSA) is 12.4 Å². The van der Waals surface area contributed by atoms with E-state index in [0.29, 0.717) is 0 Å². The molecule has 0 atom stereocenters. The summed E-state index contributed by atoms with van der Waals surface area (Å²) < 4.78 is 0.947. The van der Waals surface area contributed by atoms with E-state index in [9.17, 15) is 0 Å². The molecule has 1 nitrogen and oxygen atoms in total. The van der Waals surface area contributed by atoms with E-state index in [-0.39, 0.29) is 0 Å². The van der Waals surface area contributed by atoms with E-state index in [2.05, 4.69) is 27.5 Å². The van der Waals surface area contributed by atoms with E-state index in [1.807, 2.05) is 0 Å². The molecule has 1 rings (SSSR count). The molecule has 32 valence electrons. The van der Waals surface area contributed by atoms with Crippen molar-refractivity contribution in [1.29, 1.82) is 0 Å². The van der Waals surface area contributed by atoms with Crippen LogP contribution in [0.4, 0.5) is 0 Å². The molecule has 0 aromatic carbocycles. The highest BCUT2D eigenvalue weighted by atomic mass is 79.9. The Bertz CT molecular complexity index is 80.9. The normalized spacial score (nSPS) is 21.2. The van der Waals surface area contributed by atoms with E-state index >= 15 is 0 Å². The van der Waals surface area contributed by atoms with Gasteiger partial charge in [0, 0.05) is 5.75 Å². The van der Waals surface area contributed by atoms with Crippen LogP contribution in [0.15, 0.2) is 4.99 Å². The second kappa shape index (κ2) is 1.98. The van der Waals surface area contributed by atoms with Crippen molar-refractivity contribution in [2.75, 3.05) is 5.75 Å². The molecule has 0 bridgehead atoms. The number of hydrogen-bond donors (Lipinski definition) is 0. The Labute approximate surface area is 49.3 Å². The molecule has 2 radical (unpaired) electrons. The third kappa shape index (κ3) is 0.980. The predicted molar refractivity (Wildman–Crippen MR) is 32.1 cm³/mol. The average Bonchev–Trinajstić information content (AvgIpc) is 1.86. The summed E-state index contributed by atoms with van der Waals surface area (Å²) in [4.78, 5) is 3.78. The standard InChI is InChI=1S/C3H2BrNS/c4-3-5-1-2-6-3/h2H2. The molecule has 1 aliphatic heterocycles. The maximum absolute atomic E-state index is 3.78. The van der Waals surface area contributed by atoms with Crippen LogP contribution < -0.4 is 0 Å². The summed E-state index contributed by atoms with van der Waals surface area (Å²) in [5.74, 6) is 0.903. The van der Waals surface area contributed by atoms with E-state index in [1.165, 1.54) is 0 Å². The molecule has 0 fully saturated rings. The molecule has 0 spiro atoms. The second-order valence-corrected chi connectivity index (χ2v) is 3.05. The first-order valence-corrected chi connectivity index (χ1v) is 3.26. The molecule has 0 aromatic rings. The van der Waals surface area contributed by atoms with E-state index in [4.69, 9.17) is 0 Å². The lowest BCUT2D eigenvalue weighted by molar-refractivity contribution is 1.37. The van der Waals surface area contributed by atoms with Gasteiger partial charge in [-0.25, -0.2) is 0 Å². The summed E-state index contributed by atoms with van der Waals surface area (Å²) in [7, 11) is 0. The first-order valence-electron chi connectivity index (χ1n) is 1.48. The maximum atomic E-state index is 3.78. The zero-order valence-corrected chi connectivity index (χ0v) is 5.34. The molecule has 0 N–H and O–H groups in total. The number of thioether (sulfide) groups is 1. The molecule has 6 heavy (non-hydrogen) atoms. The van der Waals surface area contributed by atoms with Gasteiger partial charge in [-0.05, 0) is 15.9 Å². The van der Waals surface area contributed by atoms with E-state index < -0.39 is 0 Å². The van der Waals surface area contributed by atoms with Gasteiger partial charge < -0.3 is 0 Å². The van der Waals surface area contributed by atoms with E-state index in [1.54, 1.807) is 11.8 Å². The molecule has 3 heteroatoms. The first kappa shape index (κ1) is 4.65. The van der Waals surface area contributed by atoms with Crippen molar-refractivity contribution in [1.82, 2.24) is 0 Å². The van der Waals surface area contributed by atoms with Crippen LogP contribution in [0.25, 0.3) is 0 Å². The van der Waals surface area contributed by atoms with Crippen LogP contribution in [0.3, 0.4) is 0 Å². The zero-order chi connectivity index (χ0) is 4.41. The third-order valence-corrected chi connectivity index (χ3v) is 1.89. The number of halogens is 1. The maximum Gasteiger partial charge on any atom is 0.134 e. The SMILES string of the molecule is BrC1=N[C]CS1. The highest BCUT2D eigenvalue weighted by Gasteiger charge is 2.00. The Kier molecular flexibility index (Phi) is 1.54. The van der Waals surface area contributed by atoms with Crippen molar-refractivity contribution in [3.63, 3.8) is 0 Å². The van der Waals surface area contributed by atoms with Gasteiger partial charge in [-0.15, -0.1) is 0 Å². The van der Waals surface area contributed by atoms with Gasteiger partial charge >= 0.3 is 0 Å². The Morgan fingerprint density at radius 1 is 2.00 bits per heavy atom. The molecular formula is C3H2BrNS. The lowest BCUT2D eigenvalue weighted by Gasteiger charge is -1.73. The van der Waals surface area contributed by atoms with Gasteiger partial charge in [0.25, 0.3) is 0 Å². The van der Waals surface area contributed by atoms with Crippen LogP contribution in [0, 0.1) is 6.54 Å². The van der Waals surface area contributed by atoms with Gasteiger partial charge in [-0.2, -0.15) is 0 Å². The summed E-state index contributed by atoms with van der Waals surface area (Å²) in [6.45, 7) is 2.78. The zero-order valence-electron chi connectivity index (χ0n) is 2.94. The number of hydrogen-bond acceptors (Lipinski definition) is 2. The first-order chi connectivity index (χ1) is 2.89. The largest absolute Gasteiger partial charge is 0.258 e. The van der Waals surface area contributed by atoms with Crippen molar-refractivity contribution < 1.29 is 0 Å². The van der Waals surface area contributed by atoms with Crippen molar-refractivity contribution >= 4 is 31.6 Å². The highest BCUT2D eigenvalue weighted by molar-refractivity contribution is 9.22. The van der Waals surface area contributed by atoms with Crippen molar-refractivity contribution in [3.8, 4) is 0 Å². The Hall–Kier alpha value is 0.500. The van der Waals surface area contributed by atoms with Crippen molar-refractivity contribution in [2.24, 2.45) is 4.99 Å². The van der Waals surface area contributed by atoms with Gasteiger partial charge in [0.15, 0.2) is 0 Å². The van der Waals surface area contributed by atoms with Gasteiger partial charge in [-0.3, -0.25) is 4.99 Å². The van der Waals surface area contributed by atoms with Crippen LogP contribution in [0.1, 0.15) is 0 Å². The average molecular weight is 164 g/mol. The minimum absolute atomic E-state index is 0.903. The lowest BCUT2D eigenvalue weighted by Crippen LogP contribution is -1.62. The monoisotopic (exact) mass is 163 g/mol. The Morgan fingerprint density at radius 3 is 3.00 bits per heavy atom. The summed E-state index contributed by atoms with van der Waals surface area (Å²) in [5, 5.41) is 0. The number of nitrogens with zero attached hydrogens (tertiary/aromatic N) is 1. The smallest absolute Gasteiger partial charge is 0.134 e. The van der Waals surface area contributed by atoms with Gasteiger partial charge in [-0.1, -0.05) is 11.8 Å². The van der Waals surface area contributed by atoms with Gasteiger partial charge in [0.2, 0.25) is 0 Å². The molecule has 0 saturated carbocycles. The second-order valence-electron chi connectivity index (χ2n) is 0.812. The van der Waals surface area contributed by atoms with Crippen LogP contribution in [0.5, 0.6) is 0 Å². The van der Waals surface area contributed by atoms with Gasteiger partial charge in [0.05, 0.1) is 0 Å². The van der Waals surface area contributed by atoms with Crippen LogP contribution in [0.2, 0.25) is 0 Å². The molecule has 1 aliphatic rings. The lowest BCUT2D eigenvalue weighted by atomic mass is 10.8. The summed E-state index contributed by atoms with van der Waals surface area (Å²) in [6, 6.07) is 0. The number of aliphatic imine (C=N–C) groups is 1. The Morgan fingerprint density at radius 2 is 2.83 bits per heavy atom. The van der Waals surface area contributed by atoms with Crippen LogP contribution in [-0.2, 0) is 0 Å². The fraction of sp³-hybridized carbons (Fsp3) is 0.333. The van der Waals surface area contributed by atoms with Crippen molar-refractivity contribution in [2.45, 2.75) is 0 Å². The minimum atomic E-state index is 0.903. The summed E-state index contributed by atoms with van der Waals surface area (Å²) in [5.41, 5.74) is 0. The highest BCUT2D eigenvalue weighted by Crippen LogP contribution is 2.18. The molecule has 0 saturated heterocycles. The Balaban J connectivity index is 2.45. The number of rotatable bonds is 0. The molecule has 0 unspecified atom stereocenters. The van der Waals surface area contributed by atoms with Crippen molar-refractivity contribution in [3.05, 3.63) is 6.54 Å². The van der Waals surface area contributed by atoms with Gasteiger partial charge in [0.1, 0.15) is 10.5 Å². The quantitative estimate of drug-likeness (QED) is 0.528. The molecular weight excluding hydrogens is 162 g/mol. The summed E-state index contributed by atoms with van der Waals surface area (Å²) in [6.07, 6.45) is 0. The predicted octanol–water partition coefficient (Wildman–Crippen LogP) is 1.52. The van der Waals surface area contributed by atoms with Crippen LogP contribution >= 0.6 is 27.7 Å². The molecule has 0 aliphatic carbocycles. The molecule has 0 aromatic heterocycles.